The van der Waals surface area contributed by atoms with Crippen LogP contribution in [0.2, 0.25) is 0 Å². The number of hydrogen-bond donors (Lipinski definition) is 0. The maximum Gasteiger partial charge on any atom is 0.226 e. The van der Waals surface area contributed by atoms with Gasteiger partial charge in [0, 0.05) is 13.8 Å². The Labute approximate surface area is 90.6 Å². The molecule has 1 atom stereocenters. The Morgan fingerprint density at radius 2 is 1.53 bits per heavy atom. The summed E-state index contributed by atoms with van der Waals surface area (Å²) in [7, 11) is 0. The van der Waals surface area contributed by atoms with Gasteiger partial charge in [0.2, 0.25) is 11.8 Å². The first-order valence-corrected chi connectivity index (χ1v) is 5.22. The van der Waals surface area contributed by atoms with Crippen LogP contribution >= 0.6 is 0 Å². The molecular weight excluding hydrogens is 194 g/mol. The van der Waals surface area contributed by atoms with Gasteiger partial charge in [0.25, 0.3) is 0 Å². The van der Waals surface area contributed by atoms with Gasteiger partial charge in [-0.2, -0.15) is 0 Å². The summed E-state index contributed by atoms with van der Waals surface area (Å²) in [6, 6.07) is -0.583. The minimum absolute atomic E-state index is 0.131. The standard InChI is InChI=1S/C11H19NO3/c1-5-6-7-11(8(2)13)12(9(3)14)10(4)15/h11H,5-7H2,1-4H3. The van der Waals surface area contributed by atoms with E-state index in [0.717, 1.165) is 17.7 Å². The van der Waals surface area contributed by atoms with Crippen molar-refractivity contribution in [2.24, 2.45) is 0 Å². The summed E-state index contributed by atoms with van der Waals surface area (Å²) >= 11 is 0. The zero-order valence-electron chi connectivity index (χ0n) is 9.87. The zero-order chi connectivity index (χ0) is 12.0. The van der Waals surface area contributed by atoms with Crippen molar-refractivity contribution in [3.63, 3.8) is 0 Å². The Morgan fingerprint density at radius 3 is 1.80 bits per heavy atom. The molecule has 0 aliphatic heterocycles. The van der Waals surface area contributed by atoms with Gasteiger partial charge in [0.15, 0.2) is 5.78 Å². The Balaban J connectivity index is 4.76. The molecule has 0 aromatic rings. The summed E-state index contributed by atoms with van der Waals surface area (Å²) in [6.07, 6.45) is 2.33. The highest BCUT2D eigenvalue weighted by atomic mass is 16.2. The quantitative estimate of drug-likeness (QED) is 0.696. The monoisotopic (exact) mass is 213 g/mol. The van der Waals surface area contributed by atoms with Crippen LogP contribution in [-0.4, -0.2) is 28.5 Å². The molecule has 0 aromatic carbocycles. The second kappa shape index (κ2) is 6.32. The maximum atomic E-state index is 11.4. The van der Waals surface area contributed by atoms with Gasteiger partial charge in [-0.15, -0.1) is 0 Å². The Bertz CT molecular complexity index is 247. The molecule has 0 spiro atoms. The van der Waals surface area contributed by atoms with Crippen molar-refractivity contribution >= 4 is 17.6 Å². The lowest BCUT2D eigenvalue weighted by molar-refractivity contribution is -0.149. The molecule has 2 amide bonds. The number of carbonyl (C=O) groups excluding carboxylic acids is 3. The van der Waals surface area contributed by atoms with Gasteiger partial charge in [-0.25, -0.2) is 0 Å². The fourth-order valence-electron chi connectivity index (χ4n) is 1.57. The minimum Gasteiger partial charge on any atom is -0.298 e. The molecule has 0 aliphatic rings. The molecule has 0 saturated heterocycles. The number of carbonyl (C=O) groups is 3. The number of imide groups is 1. The van der Waals surface area contributed by atoms with E-state index in [4.69, 9.17) is 0 Å². The van der Waals surface area contributed by atoms with Gasteiger partial charge in [-0.05, 0) is 13.3 Å². The summed E-state index contributed by atoms with van der Waals surface area (Å²) in [5.41, 5.74) is 0. The number of nitrogens with zero attached hydrogens (tertiary/aromatic N) is 1. The normalized spacial score (nSPS) is 12.0. The minimum atomic E-state index is -0.583. The molecule has 0 saturated carbocycles. The van der Waals surface area contributed by atoms with Gasteiger partial charge < -0.3 is 0 Å². The van der Waals surface area contributed by atoms with Crippen LogP contribution in [0.15, 0.2) is 0 Å². The highest BCUT2D eigenvalue weighted by Crippen LogP contribution is 2.11. The predicted molar refractivity (Wildman–Crippen MR) is 57.2 cm³/mol. The molecule has 4 nitrogen and oxygen atoms in total. The van der Waals surface area contributed by atoms with Crippen molar-refractivity contribution in [2.45, 2.75) is 53.0 Å². The molecule has 0 N–H and O–H groups in total. The highest BCUT2D eigenvalue weighted by Gasteiger charge is 2.27. The molecule has 0 fully saturated rings. The maximum absolute atomic E-state index is 11.4. The van der Waals surface area contributed by atoms with Crippen molar-refractivity contribution in [3.8, 4) is 0 Å². The molecule has 1 unspecified atom stereocenters. The third-order valence-corrected chi connectivity index (χ3v) is 2.29. The van der Waals surface area contributed by atoms with Crippen LogP contribution in [0.4, 0.5) is 0 Å². The van der Waals surface area contributed by atoms with Crippen LogP contribution in [0, 0.1) is 0 Å². The van der Waals surface area contributed by atoms with Crippen molar-refractivity contribution in [3.05, 3.63) is 0 Å². The van der Waals surface area contributed by atoms with E-state index in [9.17, 15) is 14.4 Å². The van der Waals surface area contributed by atoms with Gasteiger partial charge in [0.1, 0.15) is 0 Å². The fraction of sp³-hybridized carbons (Fsp3) is 0.727. The average Bonchev–Trinajstić information content (AvgIpc) is 2.09. The first-order chi connectivity index (χ1) is 6.91. The van der Waals surface area contributed by atoms with E-state index in [1.165, 1.54) is 20.8 Å². The number of amides is 2. The van der Waals surface area contributed by atoms with Crippen molar-refractivity contribution in [1.82, 2.24) is 4.90 Å². The number of unbranched alkanes of at least 4 members (excludes halogenated alkanes) is 1. The average molecular weight is 213 g/mol. The Kier molecular flexibility index (Phi) is 5.82. The Morgan fingerprint density at radius 1 is 1.07 bits per heavy atom. The molecule has 0 heterocycles. The smallest absolute Gasteiger partial charge is 0.226 e. The van der Waals surface area contributed by atoms with Gasteiger partial charge in [0.05, 0.1) is 6.04 Å². The lowest BCUT2D eigenvalue weighted by atomic mass is 10.0. The van der Waals surface area contributed by atoms with E-state index in [1.54, 1.807) is 0 Å². The third-order valence-electron chi connectivity index (χ3n) is 2.29. The summed E-state index contributed by atoms with van der Waals surface area (Å²) in [4.78, 5) is 34.9. The van der Waals surface area contributed by atoms with Gasteiger partial charge >= 0.3 is 0 Å². The number of ketones is 1. The largest absolute Gasteiger partial charge is 0.298 e. The van der Waals surface area contributed by atoms with Gasteiger partial charge in [-0.3, -0.25) is 19.3 Å². The predicted octanol–water partition coefficient (Wildman–Crippen LogP) is 1.53. The molecule has 0 aliphatic carbocycles. The van der Waals surface area contributed by atoms with Crippen molar-refractivity contribution in [1.29, 1.82) is 0 Å². The third kappa shape index (κ3) is 4.23. The van der Waals surface area contributed by atoms with Crippen molar-refractivity contribution in [2.75, 3.05) is 0 Å². The first-order valence-electron chi connectivity index (χ1n) is 5.22. The lowest BCUT2D eigenvalue weighted by Crippen LogP contribution is -2.46. The van der Waals surface area contributed by atoms with Crippen LogP contribution in [0.5, 0.6) is 0 Å². The van der Waals surface area contributed by atoms with Crippen LogP contribution in [0.25, 0.3) is 0 Å². The van der Waals surface area contributed by atoms with Gasteiger partial charge in [-0.1, -0.05) is 19.8 Å². The number of rotatable bonds is 5. The summed E-state index contributed by atoms with van der Waals surface area (Å²) < 4.78 is 0. The second-order valence-corrected chi connectivity index (χ2v) is 3.68. The van der Waals surface area contributed by atoms with Crippen LogP contribution in [0.1, 0.15) is 47.0 Å². The Hall–Kier alpha value is -1.19. The second-order valence-electron chi connectivity index (χ2n) is 3.68. The number of Topliss-reactive ketones (excluding diaryl/α,β-unsaturated/α-hetero) is 1. The molecule has 4 heteroatoms. The summed E-state index contributed by atoms with van der Waals surface area (Å²) in [6.45, 7) is 6.04. The van der Waals surface area contributed by atoms with Crippen LogP contribution in [-0.2, 0) is 14.4 Å². The van der Waals surface area contributed by atoms with E-state index in [2.05, 4.69) is 0 Å². The molecular formula is C11H19NO3. The zero-order valence-corrected chi connectivity index (χ0v) is 9.87. The molecule has 0 aromatic heterocycles. The fourth-order valence-corrected chi connectivity index (χ4v) is 1.57. The molecule has 0 radical (unpaired) electrons. The van der Waals surface area contributed by atoms with E-state index in [-0.39, 0.29) is 17.6 Å². The van der Waals surface area contributed by atoms with Crippen LogP contribution in [0.3, 0.4) is 0 Å². The molecule has 0 rings (SSSR count). The summed E-state index contributed by atoms with van der Waals surface area (Å²) in [5.74, 6) is -0.855. The van der Waals surface area contributed by atoms with Crippen LogP contribution < -0.4 is 0 Å². The van der Waals surface area contributed by atoms with E-state index >= 15 is 0 Å². The SMILES string of the molecule is CCCCC(C(C)=O)N(C(C)=O)C(C)=O. The number of hydrogen-bond acceptors (Lipinski definition) is 3. The highest BCUT2D eigenvalue weighted by molar-refractivity contribution is 5.98. The molecule has 15 heavy (non-hydrogen) atoms. The van der Waals surface area contributed by atoms with E-state index in [1.807, 2.05) is 6.92 Å². The molecule has 86 valence electrons. The lowest BCUT2D eigenvalue weighted by Gasteiger charge is -2.26. The first kappa shape index (κ1) is 13.8. The topological polar surface area (TPSA) is 54.5 Å². The molecule has 0 bridgehead atoms. The van der Waals surface area contributed by atoms with E-state index in [0.29, 0.717) is 6.42 Å². The van der Waals surface area contributed by atoms with Crippen molar-refractivity contribution < 1.29 is 14.4 Å². The summed E-state index contributed by atoms with van der Waals surface area (Å²) in [5, 5.41) is 0. The van der Waals surface area contributed by atoms with E-state index < -0.39 is 6.04 Å².